The molecular weight excluding hydrogens is 476 g/mol. The molecule has 184 valence electrons. The monoisotopic (exact) mass is 501 g/mol. The van der Waals surface area contributed by atoms with Crippen LogP contribution >= 0.6 is 0 Å². The lowest BCUT2D eigenvalue weighted by atomic mass is 10.1. The number of halogens is 2. The minimum Gasteiger partial charge on any atom is -0.495 e. The summed E-state index contributed by atoms with van der Waals surface area (Å²) < 4.78 is 59.3. The molecule has 0 aliphatic carbocycles. The highest BCUT2D eigenvalue weighted by atomic mass is 32.2. The normalized spacial score (nSPS) is 13.7. The van der Waals surface area contributed by atoms with Gasteiger partial charge < -0.3 is 20.7 Å². The van der Waals surface area contributed by atoms with Gasteiger partial charge in [0.1, 0.15) is 17.4 Å². The van der Waals surface area contributed by atoms with E-state index in [9.17, 15) is 22.0 Å². The van der Waals surface area contributed by atoms with Crippen LogP contribution in [0.3, 0.4) is 0 Å². The van der Waals surface area contributed by atoms with Gasteiger partial charge in [-0.15, -0.1) is 0 Å². The van der Waals surface area contributed by atoms with Crippen molar-refractivity contribution in [2.75, 3.05) is 12.4 Å². The van der Waals surface area contributed by atoms with Gasteiger partial charge in [-0.25, -0.2) is 22.0 Å². The summed E-state index contributed by atoms with van der Waals surface area (Å²) in [5, 5.41) is 8.23. The summed E-state index contributed by atoms with van der Waals surface area (Å²) in [7, 11) is -2.34. The second kappa shape index (κ2) is 10.0. The number of carbonyl (C=O) groups excluding carboxylic acids is 1. The number of anilines is 1. The van der Waals surface area contributed by atoms with Gasteiger partial charge in [0.05, 0.1) is 29.5 Å². The minimum atomic E-state index is -3.69. The Morgan fingerprint density at radius 3 is 2.49 bits per heavy atom. The third kappa shape index (κ3) is 5.44. The largest absolute Gasteiger partial charge is 0.495 e. The Hall–Kier alpha value is -3.50. The maximum absolute atomic E-state index is 14.0. The van der Waals surface area contributed by atoms with Crippen molar-refractivity contribution in [1.82, 2.24) is 10.6 Å². The van der Waals surface area contributed by atoms with Gasteiger partial charge in [0, 0.05) is 24.7 Å². The van der Waals surface area contributed by atoms with Crippen molar-refractivity contribution in [2.45, 2.75) is 36.7 Å². The first-order valence-electron chi connectivity index (χ1n) is 10.9. The van der Waals surface area contributed by atoms with Gasteiger partial charge in [0.2, 0.25) is 0 Å². The number of sulfone groups is 1. The van der Waals surface area contributed by atoms with Crippen LogP contribution in [-0.4, -0.2) is 21.6 Å². The first kappa shape index (κ1) is 24.6. The number of fused-ring (bicyclic) bond motifs is 1. The van der Waals surface area contributed by atoms with E-state index in [0.717, 1.165) is 29.8 Å². The van der Waals surface area contributed by atoms with Gasteiger partial charge in [0.25, 0.3) is 0 Å². The summed E-state index contributed by atoms with van der Waals surface area (Å²) in [4.78, 5) is 12.5. The van der Waals surface area contributed by atoms with Crippen LogP contribution in [0, 0.1) is 11.6 Å². The molecule has 0 radical (unpaired) electrons. The highest BCUT2D eigenvalue weighted by molar-refractivity contribution is 7.90. The number of nitrogens with one attached hydrogen (secondary N) is 3. The molecule has 10 heteroatoms. The SMILES string of the molecule is COc1cc(S(=O)(=O)Cc2ccc3c(c2)CNC3)ccc1NC(=O)NC(C)c1c(F)cccc1F. The molecule has 1 heterocycles. The van der Waals surface area contributed by atoms with E-state index in [1.807, 2.05) is 12.1 Å². The van der Waals surface area contributed by atoms with Gasteiger partial charge in [-0.3, -0.25) is 0 Å². The van der Waals surface area contributed by atoms with Crippen LogP contribution in [0.25, 0.3) is 0 Å². The number of urea groups is 1. The zero-order chi connectivity index (χ0) is 25.2. The first-order chi connectivity index (χ1) is 16.7. The highest BCUT2D eigenvalue weighted by Crippen LogP contribution is 2.30. The zero-order valence-corrected chi connectivity index (χ0v) is 20.0. The molecule has 35 heavy (non-hydrogen) atoms. The van der Waals surface area contributed by atoms with Crippen molar-refractivity contribution in [1.29, 1.82) is 0 Å². The minimum absolute atomic E-state index is 0.0423. The molecule has 7 nitrogen and oxygen atoms in total. The lowest BCUT2D eigenvalue weighted by molar-refractivity contribution is 0.248. The Labute approximate surface area is 202 Å². The second-order valence-electron chi connectivity index (χ2n) is 8.28. The molecule has 0 spiro atoms. The van der Waals surface area contributed by atoms with Crippen molar-refractivity contribution >= 4 is 21.6 Å². The molecular formula is C25H25F2N3O4S. The number of carbonyl (C=O) groups is 1. The second-order valence-corrected chi connectivity index (χ2v) is 10.3. The summed E-state index contributed by atoms with van der Waals surface area (Å²) in [6, 6.07) is 11.5. The number of hydrogen-bond acceptors (Lipinski definition) is 5. The average molecular weight is 502 g/mol. The highest BCUT2D eigenvalue weighted by Gasteiger charge is 2.21. The van der Waals surface area contributed by atoms with Crippen LogP contribution in [0.15, 0.2) is 59.5 Å². The molecule has 4 rings (SSSR count). The summed E-state index contributed by atoms with van der Waals surface area (Å²) in [6.07, 6.45) is 0. The third-order valence-corrected chi connectivity index (χ3v) is 7.50. The molecule has 3 aromatic carbocycles. The summed E-state index contributed by atoms with van der Waals surface area (Å²) >= 11 is 0. The molecule has 0 fully saturated rings. The number of benzene rings is 3. The van der Waals surface area contributed by atoms with Gasteiger partial charge >= 0.3 is 6.03 Å². The van der Waals surface area contributed by atoms with E-state index >= 15 is 0 Å². The number of hydrogen-bond donors (Lipinski definition) is 3. The summed E-state index contributed by atoms with van der Waals surface area (Å²) in [5.74, 6) is -1.60. The molecule has 2 amide bonds. The van der Waals surface area contributed by atoms with Crippen LogP contribution in [-0.2, 0) is 28.7 Å². The van der Waals surface area contributed by atoms with Gasteiger partial charge in [-0.05, 0) is 47.9 Å². The number of ether oxygens (including phenoxy) is 1. The lowest BCUT2D eigenvalue weighted by Gasteiger charge is -2.17. The first-order valence-corrected chi connectivity index (χ1v) is 12.6. The van der Waals surface area contributed by atoms with E-state index in [-0.39, 0.29) is 27.6 Å². The van der Waals surface area contributed by atoms with Crippen molar-refractivity contribution in [3.8, 4) is 5.75 Å². The van der Waals surface area contributed by atoms with E-state index in [4.69, 9.17) is 4.74 Å². The number of methoxy groups -OCH3 is 1. The quantitative estimate of drug-likeness (QED) is 0.445. The molecule has 0 bridgehead atoms. The predicted molar refractivity (Wildman–Crippen MR) is 128 cm³/mol. The molecule has 0 aromatic heterocycles. The fourth-order valence-corrected chi connectivity index (χ4v) is 5.41. The molecule has 1 aliphatic heterocycles. The predicted octanol–water partition coefficient (Wildman–Crippen LogP) is 4.43. The van der Waals surface area contributed by atoms with Crippen LogP contribution in [0.5, 0.6) is 5.75 Å². The smallest absolute Gasteiger partial charge is 0.319 e. The number of amides is 2. The van der Waals surface area contributed by atoms with Gasteiger partial charge in [-0.2, -0.15) is 0 Å². The van der Waals surface area contributed by atoms with E-state index in [0.29, 0.717) is 12.1 Å². The Morgan fingerprint density at radius 1 is 1.06 bits per heavy atom. The summed E-state index contributed by atoms with van der Waals surface area (Å²) in [5.41, 5.74) is 2.87. The third-order valence-electron chi connectivity index (χ3n) is 5.82. The van der Waals surface area contributed by atoms with Gasteiger partial charge in [0.15, 0.2) is 9.84 Å². The maximum atomic E-state index is 14.0. The van der Waals surface area contributed by atoms with Crippen LogP contribution < -0.4 is 20.7 Å². The van der Waals surface area contributed by atoms with Crippen molar-refractivity contribution in [3.05, 3.63) is 88.5 Å². The van der Waals surface area contributed by atoms with Crippen molar-refractivity contribution < 1.29 is 26.7 Å². The maximum Gasteiger partial charge on any atom is 0.319 e. The Morgan fingerprint density at radius 2 is 1.77 bits per heavy atom. The van der Waals surface area contributed by atoms with E-state index < -0.39 is 33.5 Å². The van der Waals surface area contributed by atoms with Crippen LogP contribution in [0.1, 0.15) is 35.2 Å². The standard InChI is InChI=1S/C25H25F2N3O4S/c1-15(24-20(26)4-3-5-21(24)27)29-25(31)30-22-9-8-19(11-23(22)34-2)35(32,33)14-16-6-7-17-12-28-13-18(17)10-16/h3-11,15,28H,12-14H2,1-2H3,(H2,29,30,31). The fraction of sp³-hybridized carbons (Fsp3) is 0.240. The molecule has 1 atom stereocenters. The number of rotatable bonds is 7. The topological polar surface area (TPSA) is 96.5 Å². The molecule has 1 unspecified atom stereocenters. The zero-order valence-electron chi connectivity index (χ0n) is 19.2. The summed E-state index contributed by atoms with van der Waals surface area (Å²) in [6.45, 7) is 2.93. The molecule has 1 aliphatic rings. The Bertz CT molecular complexity index is 1360. The molecule has 3 aromatic rings. The average Bonchev–Trinajstić information content (AvgIpc) is 3.26. The van der Waals surface area contributed by atoms with Gasteiger partial charge in [-0.1, -0.05) is 24.3 Å². The molecule has 3 N–H and O–H groups in total. The van der Waals surface area contributed by atoms with E-state index in [1.165, 1.54) is 38.3 Å². The fourth-order valence-electron chi connectivity index (χ4n) is 4.06. The van der Waals surface area contributed by atoms with E-state index in [1.54, 1.807) is 6.07 Å². The Kier molecular flexibility index (Phi) is 7.04. The van der Waals surface area contributed by atoms with E-state index in [2.05, 4.69) is 16.0 Å². The lowest BCUT2D eigenvalue weighted by Crippen LogP contribution is -2.32. The Balaban J connectivity index is 1.48. The van der Waals surface area contributed by atoms with Crippen LogP contribution in [0.4, 0.5) is 19.3 Å². The van der Waals surface area contributed by atoms with Crippen LogP contribution in [0.2, 0.25) is 0 Å². The van der Waals surface area contributed by atoms with Crippen molar-refractivity contribution in [2.24, 2.45) is 0 Å². The molecule has 0 saturated carbocycles. The van der Waals surface area contributed by atoms with Crippen molar-refractivity contribution in [3.63, 3.8) is 0 Å². The molecule has 0 saturated heterocycles.